The Hall–Kier alpha value is -2.45. The molecule has 0 aromatic heterocycles. The molecule has 0 bridgehead atoms. The van der Waals surface area contributed by atoms with E-state index < -0.39 is 24.2 Å². The second-order valence-electron chi connectivity index (χ2n) is 5.57. The average Bonchev–Trinajstić information content (AvgIpc) is 2.87. The van der Waals surface area contributed by atoms with Crippen LogP contribution in [0.2, 0.25) is 0 Å². The lowest BCUT2D eigenvalue weighted by atomic mass is 9.96. The molecule has 2 heterocycles. The van der Waals surface area contributed by atoms with Gasteiger partial charge >= 0.3 is 6.03 Å². The first kappa shape index (κ1) is 16.4. The predicted octanol–water partition coefficient (Wildman–Crippen LogP) is 0.895. The minimum Gasteiger partial charge on any atom is -0.354 e. The van der Waals surface area contributed by atoms with Crippen LogP contribution in [0.25, 0.3) is 0 Å². The zero-order valence-electron chi connectivity index (χ0n) is 13.3. The van der Waals surface area contributed by atoms with Gasteiger partial charge in [-0.05, 0) is 17.7 Å². The summed E-state index contributed by atoms with van der Waals surface area (Å²) < 4.78 is 23.8. The smallest absolute Gasteiger partial charge is 0.319 e. The molecule has 3 amide bonds. The van der Waals surface area contributed by atoms with Crippen molar-refractivity contribution in [3.8, 4) is 0 Å². The van der Waals surface area contributed by atoms with E-state index in [1.165, 1.54) is 31.3 Å². The largest absolute Gasteiger partial charge is 0.354 e. The van der Waals surface area contributed by atoms with Crippen LogP contribution in [0.1, 0.15) is 11.6 Å². The first-order valence-corrected chi connectivity index (χ1v) is 7.44. The van der Waals surface area contributed by atoms with E-state index >= 15 is 0 Å². The zero-order chi connectivity index (χ0) is 17.3. The van der Waals surface area contributed by atoms with Crippen molar-refractivity contribution in [1.82, 2.24) is 15.5 Å². The van der Waals surface area contributed by atoms with Crippen LogP contribution in [0.3, 0.4) is 0 Å². The molecule has 8 heteroatoms. The summed E-state index contributed by atoms with van der Waals surface area (Å²) in [5, 5.41) is 5.33. The van der Waals surface area contributed by atoms with Gasteiger partial charge in [-0.2, -0.15) is 0 Å². The molecule has 128 valence electrons. The monoisotopic (exact) mass is 335 g/mol. The van der Waals surface area contributed by atoms with Gasteiger partial charge in [0.25, 0.3) is 5.91 Å². The van der Waals surface area contributed by atoms with Crippen LogP contribution in [-0.2, 0) is 14.3 Å². The Kier molecular flexibility index (Phi) is 4.50. The lowest BCUT2D eigenvalue weighted by Gasteiger charge is -2.25. The standard InChI is InChI=1S/C16H18FN3O4/c1-23-12(24-2)8-20-7-11-13(15(20)21)14(19-16(22)18-11)9-4-3-5-10(17)6-9/h3-6,12,14H,7-8H2,1-2H3,(H2,18,19,22). The van der Waals surface area contributed by atoms with Crippen LogP contribution in [0.4, 0.5) is 9.18 Å². The molecule has 7 nitrogen and oxygen atoms in total. The fourth-order valence-corrected chi connectivity index (χ4v) is 2.94. The summed E-state index contributed by atoms with van der Waals surface area (Å²) in [4.78, 5) is 26.2. The number of hydrogen-bond acceptors (Lipinski definition) is 4. The number of rotatable bonds is 5. The Balaban J connectivity index is 1.89. The summed E-state index contributed by atoms with van der Waals surface area (Å²) in [5.74, 6) is -0.672. The molecule has 0 saturated carbocycles. The van der Waals surface area contributed by atoms with E-state index in [-0.39, 0.29) is 19.0 Å². The molecular formula is C16H18FN3O4. The van der Waals surface area contributed by atoms with E-state index in [0.29, 0.717) is 16.8 Å². The molecule has 1 unspecified atom stereocenters. The second kappa shape index (κ2) is 6.58. The number of methoxy groups -OCH3 is 2. The van der Waals surface area contributed by atoms with Gasteiger partial charge in [-0.25, -0.2) is 9.18 Å². The third-order valence-electron chi connectivity index (χ3n) is 4.10. The quantitative estimate of drug-likeness (QED) is 0.784. The maximum Gasteiger partial charge on any atom is 0.319 e. The van der Waals surface area contributed by atoms with E-state index in [1.54, 1.807) is 12.1 Å². The van der Waals surface area contributed by atoms with Crippen molar-refractivity contribution < 1.29 is 23.5 Å². The number of amides is 3. The van der Waals surface area contributed by atoms with Gasteiger partial charge in [0.1, 0.15) is 5.82 Å². The van der Waals surface area contributed by atoms with E-state index in [2.05, 4.69) is 10.6 Å². The molecule has 1 atom stereocenters. The molecule has 0 saturated heterocycles. The van der Waals surface area contributed by atoms with Crippen LogP contribution >= 0.6 is 0 Å². The highest BCUT2D eigenvalue weighted by Crippen LogP contribution is 2.32. The number of carbonyl (C=O) groups excluding carboxylic acids is 2. The van der Waals surface area contributed by atoms with Crippen LogP contribution in [-0.4, -0.2) is 50.4 Å². The van der Waals surface area contributed by atoms with Gasteiger partial charge < -0.3 is 25.0 Å². The molecule has 0 aliphatic carbocycles. The van der Waals surface area contributed by atoms with E-state index in [1.807, 2.05) is 0 Å². The third kappa shape index (κ3) is 2.98. The van der Waals surface area contributed by atoms with Gasteiger partial charge in [0, 0.05) is 14.2 Å². The number of hydrogen-bond donors (Lipinski definition) is 2. The van der Waals surface area contributed by atoms with Crippen LogP contribution in [0.15, 0.2) is 35.5 Å². The molecule has 0 radical (unpaired) electrons. The van der Waals surface area contributed by atoms with Crippen LogP contribution < -0.4 is 10.6 Å². The molecule has 0 spiro atoms. The average molecular weight is 335 g/mol. The molecule has 2 aliphatic rings. The molecule has 1 aromatic carbocycles. The van der Waals surface area contributed by atoms with Crippen LogP contribution in [0, 0.1) is 5.82 Å². The van der Waals surface area contributed by atoms with Crippen molar-refractivity contribution in [3.05, 3.63) is 46.9 Å². The fourth-order valence-electron chi connectivity index (χ4n) is 2.94. The first-order chi connectivity index (χ1) is 11.5. The van der Waals surface area contributed by atoms with Gasteiger partial charge in [0.2, 0.25) is 0 Å². The van der Waals surface area contributed by atoms with Crippen molar-refractivity contribution in [1.29, 1.82) is 0 Å². The van der Waals surface area contributed by atoms with Crippen molar-refractivity contribution in [3.63, 3.8) is 0 Å². The SMILES string of the molecule is COC(CN1CC2=C(C1=O)C(c1cccc(F)c1)NC(=O)N2)OC. The Morgan fingerprint density at radius 2 is 2.08 bits per heavy atom. The first-order valence-electron chi connectivity index (χ1n) is 7.44. The molecule has 24 heavy (non-hydrogen) atoms. The van der Waals surface area contributed by atoms with Gasteiger partial charge in [-0.1, -0.05) is 12.1 Å². The van der Waals surface area contributed by atoms with Gasteiger partial charge in [-0.3, -0.25) is 4.79 Å². The normalized spacial score (nSPS) is 20.3. The highest BCUT2D eigenvalue weighted by atomic mass is 19.1. The highest BCUT2D eigenvalue weighted by molar-refractivity contribution is 6.01. The Labute approximate surface area is 138 Å². The maximum atomic E-state index is 13.5. The molecule has 2 N–H and O–H groups in total. The van der Waals surface area contributed by atoms with Crippen LogP contribution in [0.5, 0.6) is 0 Å². The van der Waals surface area contributed by atoms with Crippen molar-refractivity contribution in [2.45, 2.75) is 12.3 Å². The molecule has 3 rings (SSSR count). The topological polar surface area (TPSA) is 79.9 Å². The van der Waals surface area contributed by atoms with Gasteiger partial charge in [0.15, 0.2) is 6.29 Å². The minimum atomic E-state index is -0.689. The van der Waals surface area contributed by atoms with Gasteiger partial charge in [-0.15, -0.1) is 0 Å². The molecular weight excluding hydrogens is 317 g/mol. The third-order valence-corrected chi connectivity index (χ3v) is 4.10. The maximum absolute atomic E-state index is 13.5. The van der Waals surface area contributed by atoms with Crippen molar-refractivity contribution >= 4 is 11.9 Å². The summed E-state index contributed by atoms with van der Waals surface area (Å²) in [6.45, 7) is 0.473. The van der Waals surface area contributed by atoms with Crippen molar-refractivity contribution in [2.75, 3.05) is 27.3 Å². The highest BCUT2D eigenvalue weighted by Gasteiger charge is 2.41. The Morgan fingerprint density at radius 1 is 1.33 bits per heavy atom. The van der Waals surface area contributed by atoms with Gasteiger partial charge in [0.05, 0.1) is 30.4 Å². The predicted molar refractivity (Wildman–Crippen MR) is 82.2 cm³/mol. The minimum absolute atomic E-state index is 0.227. The number of carbonyl (C=O) groups is 2. The summed E-state index contributed by atoms with van der Waals surface area (Å²) in [6.07, 6.45) is -0.563. The Bertz CT molecular complexity index is 702. The number of nitrogens with one attached hydrogen (secondary N) is 2. The molecule has 0 fully saturated rings. The zero-order valence-corrected chi connectivity index (χ0v) is 13.3. The summed E-state index contributed by atoms with van der Waals surface area (Å²) in [7, 11) is 2.97. The molecule has 2 aliphatic heterocycles. The van der Waals surface area contributed by atoms with E-state index in [4.69, 9.17) is 9.47 Å². The number of halogens is 1. The number of urea groups is 1. The van der Waals surface area contributed by atoms with E-state index in [0.717, 1.165) is 0 Å². The van der Waals surface area contributed by atoms with E-state index in [9.17, 15) is 14.0 Å². The summed E-state index contributed by atoms with van der Waals surface area (Å²) in [5.41, 5.74) is 1.44. The molecule has 1 aromatic rings. The number of benzene rings is 1. The lowest BCUT2D eigenvalue weighted by molar-refractivity contribution is -0.140. The van der Waals surface area contributed by atoms with Crippen molar-refractivity contribution in [2.24, 2.45) is 0 Å². The number of ether oxygens (including phenoxy) is 2. The fraction of sp³-hybridized carbons (Fsp3) is 0.375. The Morgan fingerprint density at radius 3 is 2.75 bits per heavy atom. The summed E-state index contributed by atoms with van der Waals surface area (Å²) in [6, 6.07) is 4.73. The number of nitrogens with zero attached hydrogens (tertiary/aromatic N) is 1. The lowest BCUT2D eigenvalue weighted by Crippen LogP contribution is -2.44. The summed E-state index contributed by atoms with van der Waals surface area (Å²) >= 11 is 0. The second-order valence-corrected chi connectivity index (χ2v) is 5.57.